The Balaban J connectivity index is -0.0000000208. The molecular formula is C3H8AlI3O3. The van der Waals surface area contributed by atoms with Crippen LogP contribution in [0.2, 0.25) is 0 Å². The number of aliphatic hydroxyl groups is 3. The molecule has 0 radical (unpaired) electrons. The van der Waals surface area contributed by atoms with Gasteiger partial charge in [0.05, 0.1) is 13.2 Å². The Morgan fingerprint density at radius 3 is 1.10 bits per heavy atom. The van der Waals surface area contributed by atoms with E-state index in [2.05, 4.69) is 0 Å². The number of rotatable bonds is 2. The molecule has 0 saturated carbocycles. The molecule has 0 spiro atoms. The zero-order valence-electron chi connectivity index (χ0n) is 5.04. The van der Waals surface area contributed by atoms with Gasteiger partial charge >= 0.3 is 17.4 Å². The molecule has 0 aromatic heterocycles. The van der Waals surface area contributed by atoms with E-state index in [0.717, 1.165) is 0 Å². The van der Waals surface area contributed by atoms with Crippen LogP contribution >= 0.6 is 0 Å². The van der Waals surface area contributed by atoms with Crippen LogP contribution in [0.4, 0.5) is 0 Å². The van der Waals surface area contributed by atoms with Crippen LogP contribution in [0.1, 0.15) is 0 Å². The molecule has 62 valence electrons. The second kappa shape index (κ2) is 22.6. The predicted octanol–water partition coefficient (Wildman–Crippen LogP) is -11.0. The molecule has 3 N–H and O–H groups in total. The van der Waals surface area contributed by atoms with E-state index in [9.17, 15) is 0 Å². The average Bonchev–Trinajstić information content (AvgIpc) is 1.65. The summed E-state index contributed by atoms with van der Waals surface area (Å²) >= 11 is 0. The van der Waals surface area contributed by atoms with Gasteiger partial charge in [0.2, 0.25) is 0 Å². The van der Waals surface area contributed by atoms with Gasteiger partial charge in [-0.3, -0.25) is 0 Å². The van der Waals surface area contributed by atoms with E-state index in [1.165, 1.54) is 0 Å². The molecule has 0 atom stereocenters. The van der Waals surface area contributed by atoms with Crippen molar-refractivity contribution in [2.45, 2.75) is 6.10 Å². The van der Waals surface area contributed by atoms with Gasteiger partial charge in [-0.1, -0.05) is 0 Å². The van der Waals surface area contributed by atoms with Gasteiger partial charge in [-0.05, 0) is 0 Å². The third kappa shape index (κ3) is 22.4. The molecule has 0 bridgehead atoms. The van der Waals surface area contributed by atoms with E-state index < -0.39 is 6.10 Å². The minimum atomic E-state index is -0.954. The minimum Gasteiger partial charge on any atom is -1.00 e. The maximum absolute atomic E-state index is 8.17. The molecular weight excluding hydrogens is 492 g/mol. The van der Waals surface area contributed by atoms with Crippen molar-refractivity contribution in [3.8, 4) is 0 Å². The number of hydrogen-bond donors (Lipinski definition) is 3. The zero-order chi connectivity index (χ0) is 4.99. The standard InChI is InChI=1S/C3H8O3.Al.3HI/c4-1-3(6)2-5;;;;/h3-6H,1-2H2;;3*1H/q;+3;;;/p-3. The van der Waals surface area contributed by atoms with Crippen molar-refractivity contribution >= 4 is 17.4 Å². The van der Waals surface area contributed by atoms with Crippen LogP contribution in [0.5, 0.6) is 0 Å². The SMILES string of the molecule is OCC(O)CO.[Al+3].[I-].[I-].[I-]. The van der Waals surface area contributed by atoms with Crippen molar-refractivity contribution in [2.75, 3.05) is 13.2 Å². The summed E-state index contributed by atoms with van der Waals surface area (Å²) in [6.07, 6.45) is -0.954. The molecule has 0 aliphatic heterocycles. The summed E-state index contributed by atoms with van der Waals surface area (Å²) in [4.78, 5) is 0. The van der Waals surface area contributed by atoms with Gasteiger partial charge in [0.1, 0.15) is 6.10 Å². The molecule has 0 amide bonds. The van der Waals surface area contributed by atoms with Gasteiger partial charge in [0.25, 0.3) is 0 Å². The number of hydrogen-bond acceptors (Lipinski definition) is 3. The number of aliphatic hydroxyl groups excluding tert-OH is 3. The molecule has 0 unspecified atom stereocenters. The monoisotopic (exact) mass is 500 g/mol. The van der Waals surface area contributed by atoms with Crippen molar-refractivity contribution in [3.63, 3.8) is 0 Å². The van der Waals surface area contributed by atoms with E-state index in [-0.39, 0.29) is 103 Å². The first kappa shape index (κ1) is 29.4. The zero-order valence-corrected chi connectivity index (χ0v) is 12.7. The Labute approximate surface area is 122 Å². The Kier molecular flexibility index (Phi) is 66.2. The third-order valence-electron chi connectivity index (χ3n) is 0.421. The Hall–Kier alpha value is 2.60. The predicted molar refractivity (Wildman–Crippen MR) is 25.9 cm³/mol. The van der Waals surface area contributed by atoms with Crippen LogP contribution in [0.25, 0.3) is 0 Å². The van der Waals surface area contributed by atoms with E-state index in [4.69, 9.17) is 15.3 Å². The van der Waals surface area contributed by atoms with Gasteiger partial charge in [-0.15, -0.1) is 0 Å². The molecule has 10 heavy (non-hydrogen) atoms. The van der Waals surface area contributed by atoms with Gasteiger partial charge < -0.3 is 87.2 Å². The maximum Gasteiger partial charge on any atom is 3.00 e. The summed E-state index contributed by atoms with van der Waals surface area (Å²) in [5.41, 5.74) is 0. The van der Waals surface area contributed by atoms with E-state index >= 15 is 0 Å². The van der Waals surface area contributed by atoms with Crippen LogP contribution < -0.4 is 71.9 Å². The maximum atomic E-state index is 8.17. The molecule has 7 heteroatoms. The molecule has 3 nitrogen and oxygen atoms in total. The molecule has 0 saturated heterocycles. The van der Waals surface area contributed by atoms with E-state index in [1.54, 1.807) is 0 Å². The molecule has 0 aliphatic rings. The Morgan fingerprint density at radius 2 is 1.10 bits per heavy atom. The van der Waals surface area contributed by atoms with Crippen molar-refractivity contribution in [3.05, 3.63) is 0 Å². The minimum absolute atomic E-state index is 0. The fourth-order valence-electron chi connectivity index (χ4n) is 0.0577. The van der Waals surface area contributed by atoms with Crippen molar-refractivity contribution in [2.24, 2.45) is 0 Å². The summed E-state index contributed by atoms with van der Waals surface area (Å²) in [5, 5.41) is 24.0. The summed E-state index contributed by atoms with van der Waals surface area (Å²) < 4.78 is 0. The number of halogens is 3. The first-order chi connectivity index (χ1) is 2.81. The second-order valence-corrected chi connectivity index (χ2v) is 1.02. The first-order valence-electron chi connectivity index (χ1n) is 1.71. The van der Waals surface area contributed by atoms with Gasteiger partial charge in [0, 0.05) is 0 Å². The normalized spacial score (nSPS) is 6.00. The smallest absolute Gasteiger partial charge is 1.00 e. The van der Waals surface area contributed by atoms with Crippen LogP contribution in [-0.4, -0.2) is 52.0 Å². The van der Waals surface area contributed by atoms with Crippen LogP contribution in [0.15, 0.2) is 0 Å². The quantitative estimate of drug-likeness (QED) is 0.261. The van der Waals surface area contributed by atoms with Crippen LogP contribution in [0.3, 0.4) is 0 Å². The van der Waals surface area contributed by atoms with Gasteiger partial charge in [-0.2, -0.15) is 0 Å². The van der Waals surface area contributed by atoms with Gasteiger partial charge in [0.15, 0.2) is 0 Å². The van der Waals surface area contributed by atoms with E-state index in [0.29, 0.717) is 0 Å². The molecule has 0 heterocycles. The Morgan fingerprint density at radius 1 is 0.900 bits per heavy atom. The summed E-state index contributed by atoms with van der Waals surface area (Å²) in [6.45, 7) is -0.729. The summed E-state index contributed by atoms with van der Waals surface area (Å²) in [7, 11) is 0. The topological polar surface area (TPSA) is 60.7 Å². The second-order valence-electron chi connectivity index (χ2n) is 1.02. The van der Waals surface area contributed by atoms with Crippen molar-refractivity contribution in [1.82, 2.24) is 0 Å². The third-order valence-corrected chi connectivity index (χ3v) is 0.421. The van der Waals surface area contributed by atoms with Crippen LogP contribution in [0, 0.1) is 0 Å². The molecule has 0 aromatic rings. The fraction of sp³-hybridized carbons (Fsp3) is 1.00. The molecule has 0 fully saturated rings. The molecule has 0 aliphatic carbocycles. The molecule has 0 aromatic carbocycles. The first-order valence-corrected chi connectivity index (χ1v) is 1.71. The molecule has 0 rings (SSSR count). The summed E-state index contributed by atoms with van der Waals surface area (Å²) in [6, 6.07) is 0. The Bertz CT molecular complexity index is 38.2. The summed E-state index contributed by atoms with van der Waals surface area (Å²) in [5.74, 6) is 0. The largest absolute Gasteiger partial charge is 3.00 e. The average molecular weight is 500 g/mol. The van der Waals surface area contributed by atoms with Gasteiger partial charge in [-0.25, -0.2) is 0 Å². The van der Waals surface area contributed by atoms with Crippen LogP contribution in [-0.2, 0) is 0 Å². The fourth-order valence-corrected chi connectivity index (χ4v) is 0.0577. The van der Waals surface area contributed by atoms with E-state index in [1.807, 2.05) is 0 Å². The van der Waals surface area contributed by atoms with Crippen molar-refractivity contribution < 1.29 is 87.2 Å². The van der Waals surface area contributed by atoms with Crippen molar-refractivity contribution in [1.29, 1.82) is 0 Å².